The highest BCUT2D eigenvalue weighted by Crippen LogP contribution is 2.32. The van der Waals surface area contributed by atoms with Crippen LogP contribution >= 0.6 is 0 Å². The lowest BCUT2D eigenvalue weighted by atomic mass is 10.1. The van der Waals surface area contributed by atoms with Crippen molar-refractivity contribution in [3.63, 3.8) is 0 Å². The minimum Gasteiger partial charge on any atom is -0.445 e. The van der Waals surface area contributed by atoms with Crippen molar-refractivity contribution >= 4 is 21.8 Å². The van der Waals surface area contributed by atoms with Crippen LogP contribution in [0.2, 0.25) is 0 Å². The Morgan fingerprint density at radius 1 is 1.05 bits per heavy atom. The molecule has 2 heterocycles. The Bertz CT molecular complexity index is 904. The van der Waals surface area contributed by atoms with Crippen LogP contribution in [0.1, 0.15) is 13.3 Å². The van der Waals surface area contributed by atoms with Crippen LogP contribution in [0.4, 0.5) is 0 Å². The summed E-state index contributed by atoms with van der Waals surface area (Å²) in [5.41, 5.74) is 3.58. The molecule has 0 amide bonds. The van der Waals surface area contributed by atoms with Crippen molar-refractivity contribution in [3.05, 3.63) is 54.9 Å². The van der Waals surface area contributed by atoms with Gasteiger partial charge in [-0.05, 0) is 30.7 Å². The normalized spacial score (nSPS) is 11.5. The molecule has 0 saturated heterocycles. The summed E-state index contributed by atoms with van der Waals surface area (Å²) in [7, 11) is 0. The van der Waals surface area contributed by atoms with E-state index < -0.39 is 0 Å². The molecule has 0 bridgehead atoms. The first-order valence-corrected chi connectivity index (χ1v) is 7.29. The van der Waals surface area contributed by atoms with Crippen molar-refractivity contribution < 1.29 is 4.42 Å². The molecule has 0 aliphatic rings. The molecule has 0 atom stereocenters. The Morgan fingerprint density at radius 3 is 2.71 bits per heavy atom. The Labute approximate surface area is 122 Å². The molecule has 0 aliphatic heterocycles. The number of benzene rings is 2. The number of aryl methyl sites for hydroxylation is 1. The maximum Gasteiger partial charge on any atom is 0.225 e. The van der Waals surface area contributed by atoms with Crippen molar-refractivity contribution in [3.8, 4) is 11.5 Å². The summed E-state index contributed by atoms with van der Waals surface area (Å²) in [6, 6.07) is 15.0. The van der Waals surface area contributed by atoms with E-state index in [0.29, 0.717) is 5.89 Å². The van der Waals surface area contributed by atoms with Gasteiger partial charge in [-0.2, -0.15) is 0 Å². The van der Waals surface area contributed by atoms with Gasteiger partial charge in [-0.25, -0.2) is 4.98 Å². The molecule has 104 valence electrons. The molecule has 0 aliphatic carbocycles. The highest BCUT2D eigenvalue weighted by Gasteiger charge is 2.11. The van der Waals surface area contributed by atoms with E-state index in [9.17, 15) is 0 Å². The van der Waals surface area contributed by atoms with E-state index in [1.165, 1.54) is 21.8 Å². The van der Waals surface area contributed by atoms with Gasteiger partial charge in [0.25, 0.3) is 0 Å². The zero-order chi connectivity index (χ0) is 14.2. The number of fused-ring (bicyclic) bond motifs is 3. The molecule has 4 aromatic rings. The van der Waals surface area contributed by atoms with Crippen molar-refractivity contribution in [2.75, 3.05) is 0 Å². The number of rotatable bonds is 3. The van der Waals surface area contributed by atoms with Gasteiger partial charge in [-0.1, -0.05) is 25.1 Å². The minimum atomic E-state index is 0.671. The van der Waals surface area contributed by atoms with E-state index in [0.717, 1.165) is 18.5 Å². The van der Waals surface area contributed by atoms with Gasteiger partial charge in [0.1, 0.15) is 6.26 Å². The molecule has 0 saturated carbocycles. The van der Waals surface area contributed by atoms with Gasteiger partial charge in [0.2, 0.25) is 5.89 Å². The quantitative estimate of drug-likeness (QED) is 0.535. The van der Waals surface area contributed by atoms with E-state index in [4.69, 9.17) is 4.42 Å². The summed E-state index contributed by atoms with van der Waals surface area (Å²) in [6.45, 7) is 3.24. The Hall–Kier alpha value is -2.55. The second kappa shape index (κ2) is 4.77. The van der Waals surface area contributed by atoms with Crippen LogP contribution in [0, 0.1) is 0 Å². The number of aromatic nitrogens is 2. The summed E-state index contributed by atoms with van der Waals surface area (Å²) in [5, 5.41) is 2.55. The van der Waals surface area contributed by atoms with Gasteiger partial charge in [0, 0.05) is 33.9 Å². The molecule has 21 heavy (non-hydrogen) atoms. The van der Waals surface area contributed by atoms with Crippen molar-refractivity contribution in [2.45, 2.75) is 19.9 Å². The van der Waals surface area contributed by atoms with Gasteiger partial charge in [-0.3, -0.25) is 0 Å². The molecule has 0 N–H and O–H groups in total. The second-order valence-electron chi connectivity index (χ2n) is 5.24. The zero-order valence-electron chi connectivity index (χ0n) is 11.9. The van der Waals surface area contributed by atoms with Gasteiger partial charge < -0.3 is 8.98 Å². The molecule has 2 aromatic carbocycles. The summed E-state index contributed by atoms with van der Waals surface area (Å²) < 4.78 is 7.81. The predicted octanol–water partition coefficient (Wildman–Crippen LogP) is 4.86. The third kappa shape index (κ3) is 1.85. The van der Waals surface area contributed by atoms with Crippen LogP contribution in [0.15, 0.2) is 59.3 Å². The summed E-state index contributed by atoms with van der Waals surface area (Å²) in [4.78, 5) is 4.24. The van der Waals surface area contributed by atoms with E-state index >= 15 is 0 Å². The lowest BCUT2D eigenvalue weighted by Gasteiger charge is -2.05. The number of para-hydroxylation sites is 1. The average Bonchev–Trinajstić information content (AvgIpc) is 3.15. The number of hydrogen-bond acceptors (Lipinski definition) is 2. The molecular weight excluding hydrogens is 260 g/mol. The highest BCUT2D eigenvalue weighted by atomic mass is 16.3. The smallest absolute Gasteiger partial charge is 0.225 e. The fraction of sp³-hybridized carbons (Fsp3) is 0.167. The number of oxazole rings is 1. The van der Waals surface area contributed by atoms with Gasteiger partial charge in [0.05, 0.1) is 6.20 Å². The highest BCUT2D eigenvalue weighted by molar-refractivity contribution is 6.09. The van der Waals surface area contributed by atoms with Crippen molar-refractivity contribution in [1.29, 1.82) is 0 Å². The Kier molecular flexibility index (Phi) is 2.78. The summed E-state index contributed by atoms with van der Waals surface area (Å²) >= 11 is 0. The van der Waals surface area contributed by atoms with Crippen LogP contribution in [-0.4, -0.2) is 9.55 Å². The monoisotopic (exact) mass is 276 g/mol. The van der Waals surface area contributed by atoms with Crippen LogP contribution in [0.25, 0.3) is 33.3 Å². The first kappa shape index (κ1) is 12.2. The molecule has 4 rings (SSSR count). The minimum absolute atomic E-state index is 0.671. The number of hydrogen-bond donors (Lipinski definition) is 0. The SMILES string of the molecule is CCCn1c2ccccc2c2cc(-c3ncco3)ccc21. The maximum atomic E-state index is 5.42. The van der Waals surface area contributed by atoms with Gasteiger partial charge in [0.15, 0.2) is 0 Å². The van der Waals surface area contributed by atoms with Crippen molar-refractivity contribution in [1.82, 2.24) is 9.55 Å². The fourth-order valence-electron chi connectivity index (χ4n) is 3.02. The molecule has 0 fully saturated rings. The molecule has 0 radical (unpaired) electrons. The fourth-order valence-corrected chi connectivity index (χ4v) is 3.02. The summed E-state index contributed by atoms with van der Waals surface area (Å²) in [6.07, 6.45) is 4.41. The topological polar surface area (TPSA) is 31.0 Å². The largest absolute Gasteiger partial charge is 0.445 e. The van der Waals surface area contributed by atoms with Gasteiger partial charge in [-0.15, -0.1) is 0 Å². The standard InChI is InChI=1S/C18H16N2O/c1-2-10-20-16-6-4-3-5-14(16)15-12-13(7-8-17(15)20)18-19-9-11-21-18/h3-9,11-12H,2,10H2,1H3. The lowest BCUT2D eigenvalue weighted by Crippen LogP contribution is -1.95. The van der Waals surface area contributed by atoms with Crippen LogP contribution in [0.3, 0.4) is 0 Å². The van der Waals surface area contributed by atoms with E-state index in [1.807, 2.05) is 0 Å². The molecule has 0 unspecified atom stereocenters. The van der Waals surface area contributed by atoms with Gasteiger partial charge >= 0.3 is 0 Å². The zero-order valence-corrected chi connectivity index (χ0v) is 11.9. The van der Waals surface area contributed by atoms with E-state index in [-0.39, 0.29) is 0 Å². The third-order valence-electron chi connectivity index (χ3n) is 3.90. The van der Waals surface area contributed by atoms with Crippen molar-refractivity contribution in [2.24, 2.45) is 0 Å². The lowest BCUT2D eigenvalue weighted by molar-refractivity contribution is 0.574. The van der Waals surface area contributed by atoms with E-state index in [2.05, 4.69) is 58.9 Å². The molecule has 3 nitrogen and oxygen atoms in total. The average molecular weight is 276 g/mol. The molecule has 2 aromatic heterocycles. The third-order valence-corrected chi connectivity index (χ3v) is 3.90. The van der Waals surface area contributed by atoms with Crippen LogP contribution in [-0.2, 0) is 6.54 Å². The van der Waals surface area contributed by atoms with E-state index in [1.54, 1.807) is 12.5 Å². The van der Waals surface area contributed by atoms with Crippen LogP contribution < -0.4 is 0 Å². The van der Waals surface area contributed by atoms with Crippen LogP contribution in [0.5, 0.6) is 0 Å². The second-order valence-corrected chi connectivity index (χ2v) is 5.24. The maximum absolute atomic E-state index is 5.42. The number of nitrogens with zero attached hydrogens (tertiary/aromatic N) is 2. The first-order valence-electron chi connectivity index (χ1n) is 7.29. The molecule has 0 spiro atoms. The Balaban J connectivity index is 2.05. The molecular formula is C18H16N2O. The first-order chi connectivity index (χ1) is 10.4. The predicted molar refractivity (Wildman–Crippen MR) is 85.2 cm³/mol. The Morgan fingerprint density at radius 2 is 1.90 bits per heavy atom. The summed E-state index contributed by atoms with van der Waals surface area (Å²) in [5.74, 6) is 0.671. The molecule has 3 heteroatoms.